The van der Waals surface area contributed by atoms with Crippen LogP contribution < -0.4 is 9.47 Å². The van der Waals surface area contributed by atoms with E-state index in [1.165, 1.54) is 0 Å². The monoisotopic (exact) mass is 399 g/mol. The van der Waals surface area contributed by atoms with E-state index in [2.05, 4.69) is 31.9 Å². The molecule has 0 atom stereocenters. The molecule has 1 aromatic heterocycles. The summed E-state index contributed by atoms with van der Waals surface area (Å²) < 4.78 is 17.0. The molecule has 5 heteroatoms. The molecule has 0 unspecified atom stereocenters. The number of hydrogen-bond donors (Lipinski definition) is 1. The van der Waals surface area contributed by atoms with Crippen LogP contribution in [0.3, 0.4) is 0 Å². The molecule has 158 valence electrons. The highest BCUT2D eigenvalue weighted by Crippen LogP contribution is 2.36. The second-order valence-corrected chi connectivity index (χ2v) is 7.69. The topological polar surface area (TPSA) is 55.1 Å². The van der Waals surface area contributed by atoms with Crippen LogP contribution in [0, 0.1) is 0 Å². The van der Waals surface area contributed by atoms with Gasteiger partial charge in [0.25, 0.3) is 0 Å². The summed E-state index contributed by atoms with van der Waals surface area (Å²) in [6.45, 7) is 16.9. The Morgan fingerprint density at radius 1 is 1.07 bits per heavy atom. The fourth-order valence-corrected chi connectivity index (χ4v) is 3.36. The Balaban J connectivity index is 2.29. The van der Waals surface area contributed by atoms with E-state index in [1.807, 2.05) is 24.3 Å². The van der Waals surface area contributed by atoms with Crippen molar-refractivity contribution in [1.82, 2.24) is 4.90 Å². The first-order valence-electron chi connectivity index (χ1n) is 9.72. The van der Waals surface area contributed by atoms with Crippen LogP contribution in [0.1, 0.15) is 44.8 Å². The Kier molecular flexibility index (Phi) is 7.33. The maximum Gasteiger partial charge on any atom is 0.165 e. The molecule has 0 aliphatic rings. The molecule has 0 spiro atoms. The van der Waals surface area contributed by atoms with Crippen molar-refractivity contribution in [2.24, 2.45) is 0 Å². The van der Waals surface area contributed by atoms with Gasteiger partial charge in [0.1, 0.15) is 11.5 Å². The van der Waals surface area contributed by atoms with Gasteiger partial charge in [-0.05, 0) is 57.0 Å². The summed E-state index contributed by atoms with van der Waals surface area (Å²) >= 11 is 0. The number of hydrogen-bond acceptors (Lipinski definition) is 5. The Morgan fingerprint density at radius 2 is 1.72 bits per heavy atom. The lowest BCUT2D eigenvalue weighted by Gasteiger charge is -2.28. The molecule has 0 fully saturated rings. The van der Waals surface area contributed by atoms with Crippen LogP contribution in [0.2, 0.25) is 0 Å². The number of ether oxygens (including phenoxy) is 2. The Bertz CT molecular complexity index is 852. The minimum absolute atomic E-state index is 0.264. The van der Waals surface area contributed by atoms with Crippen molar-refractivity contribution in [3.63, 3.8) is 0 Å². The fourth-order valence-electron chi connectivity index (χ4n) is 3.36. The normalized spacial score (nSPS) is 11.8. The molecule has 1 N–H and O–H groups in total. The molecule has 0 amide bonds. The van der Waals surface area contributed by atoms with E-state index in [0.29, 0.717) is 35.7 Å². The van der Waals surface area contributed by atoms with E-state index >= 15 is 0 Å². The van der Waals surface area contributed by atoms with Crippen LogP contribution in [-0.2, 0) is 18.7 Å². The quantitative estimate of drug-likeness (QED) is 0.567. The van der Waals surface area contributed by atoms with Gasteiger partial charge in [0.2, 0.25) is 0 Å². The second-order valence-electron chi connectivity index (χ2n) is 7.69. The number of aliphatic hydroxyl groups is 1. The van der Waals surface area contributed by atoms with E-state index in [0.717, 1.165) is 17.1 Å². The second kappa shape index (κ2) is 9.33. The van der Waals surface area contributed by atoms with Gasteiger partial charge in [0.15, 0.2) is 17.1 Å². The third kappa shape index (κ3) is 4.74. The summed E-state index contributed by atoms with van der Waals surface area (Å²) in [6.07, 6.45) is 0. The van der Waals surface area contributed by atoms with Gasteiger partial charge in [-0.1, -0.05) is 25.3 Å². The van der Waals surface area contributed by atoms with Crippen molar-refractivity contribution in [1.29, 1.82) is 0 Å². The van der Waals surface area contributed by atoms with E-state index in [-0.39, 0.29) is 6.04 Å². The standard InChI is InChI=1S/C24H33NO4/c1-16(2)24(26,17(3)4)22-13-12-20(29-22)15-25(18(5)6)14-19-10-9-11-21(27-7)23(19)28-8/h9-13,18,26H,1,3,14-15H2,2,4-8H3. The van der Waals surface area contributed by atoms with Gasteiger partial charge in [0.05, 0.1) is 20.8 Å². The lowest BCUT2D eigenvalue weighted by Crippen LogP contribution is -2.30. The highest BCUT2D eigenvalue weighted by molar-refractivity contribution is 5.46. The highest BCUT2D eigenvalue weighted by atomic mass is 16.5. The molecule has 1 aromatic carbocycles. The first-order chi connectivity index (χ1) is 13.6. The van der Waals surface area contributed by atoms with Crippen LogP contribution in [0.15, 0.2) is 59.1 Å². The number of methoxy groups -OCH3 is 2. The van der Waals surface area contributed by atoms with E-state index < -0.39 is 5.60 Å². The number of rotatable bonds is 10. The molecule has 2 rings (SSSR count). The maximum absolute atomic E-state index is 11.0. The van der Waals surface area contributed by atoms with Crippen molar-refractivity contribution >= 4 is 0 Å². The van der Waals surface area contributed by atoms with Gasteiger partial charge in [-0.3, -0.25) is 4.90 Å². The summed E-state index contributed by atoms with van der Waals surface area (Å²) in [5.74, 6) is 2.65. The molecular weight excluding hydrogens is 366 g/mol. The van der Waals surface area contributed by atoms with E-state index in [4.69, 9.17) is 13.9 Å². The van der Waals surface area contributed by atoms with E-state index in [9.17, 15) is 5.11 Å². The smallest absolute Gasteiger partial charge is 0.165 e. The number of para-hydroxylation sites is 1. The van der Waals surface area contributed by atoms with Gasteiger partial charge in [-0.15, -0.1) is 0 Å². The molecule has 0 bridgehead atoms. The maximum atomic E-state index is 11.0. The third-order valence-electron chi connectivity index (χ3n) is 5.20. The summed E-state index contributed by atoms with van der Waals surface area (Å²) in [7, 11) is 3.28. The van der Waals surface area contributed by atoms with Crippen molar-refractivity contribution < 1.29 is 19.0 Å². The highest BCUT2D eigenvalue weighted by Gasteiger charge is 2.35. The van der Waals surface area contributed by atoms with Gasteiger partial charge in [0, 0.05) is 18.2 Å². The lowest BCUT2D eigenvalue weighted by molar-refractivity contribution is 0.0868. The minimum Gasteiger partial charge on any atom is -0.493 e. The predicted molar refractivity (Wildman–Crippen MR) is 116 cm³/mol. The average molecular weight is 400 g/mol. The molecule has 0 aliphatic carbocycles. The van der Waals surface area contributed by atoms with Gasteiger partial charge >= 0.3 is 0 Å². The van der Waals surface area contributed by atoms with Crippen molar-refractivity contribution in [3.8, 4) is 11.5 Å². The van der Waals surface area contributed by atoms with Crippen LogP contribution >= 0.6 is 0 Å². The van der Waals surface area contributed by atoms with Gasteiger partial charge in [-0.2, -0.15) is 0 Å². The van der Waals surface area contributed by atoms with Crippen LogP contribution in [0.4, 0.5) is 0 Å². The number of nitrogens with zero attached hydrogens (tertiary/aromatic N) is 1. The largest absolute Gasteiger partial charge is 0.493 e. The molecule has 1 heterocycles. The van der Waals surface area contributed by atoms with Crippen LogP contribution in [0.5, 0.6) is 11.5 Å². The molecule has 0 aliphatic heterocycles. The van der Waals surface area contributed by atoms with Gasteiger partial charge < -0.3 is 19.0 Å². The zero-order valence-electron chi connectivity index (χ0n) is 18.4. The summed E-state index contributed by atoms with van der Waals surface area (Å²) in [4.78, 5) is 2.26. The Morgan fingerprint density at radius 3 is 2.24 bits per heavy atom. The minimum atomic E-state index is -1.36. The summed E-state index contributed by atoms with van der Waals surface area (Å²) in [5, 5.41) is 11.0. The molecule has 0 saturated heterocycles. The third-order valence-corrected chi connectivity index (χ3v) is 5.20. The van der Waals surface area contributed by atoms with Crippen molar-refractivity contribution in [3.05, 3.63) is 71.7 Å². The zero-order valence-corrected chi connectivity index (χ0v) is 18.4. The predicted octanol–water partition coefficient (Wildman–Crippen LogP) is 5.05. The molecule has 29 heavy (non-hydrogen) atoms. The van der Waals surface area contributed by atoms with Crippen molar-refractivity contribution in [2.75, 3.05) is 14.2 Å². The zero-order chi connectivity index (χ0) is 21.8. The van der Waals surface area contributed by atoms with Crippen LogP contribution in [0.25, 0.3) is 0 Å². The molecule has 5 nitrogen and oxygen atoms in total. The average Bonchev–Trinajstić information content (AvgIpc) is 3.14. The Labute approximate surface area is 174 Å². The fraction of sp³-hybridized carbons (Fsp3) is 0.417. The van der Waals surface area contributed by atoms with Crippen molar-refractivity contribution in [2.45, 2.75) is 52.4 Å². The SMILES string of the molecule is C=C(C)C(O)(C(=C)C)c1ccc(CN(Cc2cccc(OC)c2OC)C(C)C)o1. The lowest BCUT2D eigenvalue weighted by atomic mass is 9.87. The van der Waals surface area contributed by atoms with Crippen LogP contribution in [-0.4, -0.2) is 30.3 Å². The molecular formula is C24H33NO4. The number of benzene rings is 1. The molecule has 0 saturated carbocycles. The first-order valence-corrected chi connectivity index (χ1v) is 9.72. The van der Waals surface area contributed by atoms with E-state index in [1.54, 1.807) is 34.1 Å². The number of furan rings is 1. The Hall–Kier alpha value is -2.50. The molecule has 0 radical (unpaired) electrons. The summed E-state index contributed by atoms with van der Waals surface area (Å²) in [6, 6.07) is 9.83. The van der Waals surface area contributed by atoms with Gasteiger partial charge in [-0.25, -0.2) is 0 Å². The summed E-state index contributed by atoms with van der Waals surface area (Å²) in [5.41, 5.74) is 0.824. The molecule has 2 aromatic rings. The first kappa shape index (κ1) is 22.8.